The van der Waals surface area contributed by atoms with Gasteiger partial charge < -0.3 is 15.4 Å². The van der Waals surface area contributed by atoms with Gasteiger partial charge in [-0.15, -0.1) is 0 Å². The molecule has 4 nitrogen and oxygen atoms in total. The summed E-state index contributed by atoms with van der Waals surface area (Å²) >= 11 is 0. The maximum Gasteiger partial charge on any atom is 0.333 e. The van der Waals surface area contributed by atoms with E-state index in [-0.39, 0.29) is 5.57 Å². The summed E-state index contributed by atoms with van der Waals surface area (Å²) in [4.78, 5) is 10.8. The minimum atomic E-state index is -1.02. The molecule has 1 rings (SSSR count). The molecule has 0 atom stereocenters. The summed E-state index contributed by atoms with van der Waals surface area (Å²) < 4.78 is 0. The summed E-state index contributed by atoms with van der Waals surface area (Å²) in [5, 5.41) is 21.4. The van der Waals surface area contributed by atoms with Crippen LogP contribution >= 0.6 is 0 Å². The van der Waals surface area contributed by atoms with E-state index in [4.69, 9.17) is 5.11 Å². The Hall–Kier alpha value is -0.870. The van der Waals surface area contributed by atoms with Crippen molar-refractivity contribution in [3.8, 4) is 0 Å². The Balaban J connectivity index is 3.17. The van der Waals surface area contributed by atoms with E-state index in [9.17, 15) is 10.0 Å². The highest BCUT2D eigenvalue weighted by molar-refractivity contribution is 5.90. The van der Waals surface area contributed by atoms with E-state index in [0.29, 0.717) is 0 Å². The highest BCUT2D eigenvalue weighted by Crippen LogP contribution is 2.38. The molecule has 0 radical (unpaired) electrons. The van der Waals surface area contributed by atoms with Crippen molar-refractivity contribution < 1.29 is 9.90 Å². The van der Waals surface area contributed by atoms with Gasteiger partial charge in [0.2, 0.25) is 0 Å². The third-order valence-corrected chi connectivity index (χ3v) is 2.42. The van der Waals surface area contributed by atoms with Crippen LogP contribution in [0.3, 0.4) is 0 Å². The number of hydroxylamine groups is 2. The number of hydrogen-bond acceptors (Lipinski definition) is 3. The van der Waals surface area contributed by atoms with Gasteiger partial charge in [-0.2, -0.15) is 0 Å². The largest absolute Gasteiger partial charge is 0.784 e. The number of carbonyl (C=O) groups is 1. The molecule has 0 aromatic heterocycles. The zero-order chi connectivity index (χ0) is 10.4. The lowest BCUT2D eigenvalue weighted by molar-refractivity contribution is -0.133. The first-order valence-corrected chi connectivity index (χ1v) is 4.13. The molecule has 4 heteroatoms. The lowest BCUT2D eigenvalue weighted by atomic mass is 9.97. The molecule has 1 aliphatic rings. The molecule has 0 unspecified atom stereocenters. The zero-order valence-corrected chi connectivity index (χ0v) is 8.29. The summed E-state index contributed by atoms with van der Waals surface area (Å²) in [6.07, 6.45) is 1.52. The van der Waals surface area contributed by atoms with Crippen LogP contribution in [0.4, 0.5) is 0 Å². The Bertz CT molecular complexity index is 279. The zero-order valence-electron chi connectivity index (χ0n) is 8.29. The monoisotopic (exact) mass is 184 g/mol. The number of carboxylic acids is 1. The molecule has 0 aromatic rings. The highest BCUT2D eigenvalue weighted by Gasteiger charge is 2.42. The average molecular weight is 184 g/mol. The molecule has 0 saturated heterocycles. The van der Waals surface area contributed by atoms with E-state index < -0.39 is 17.0 Å². The van der Waals surface area contributed by atoms with Gasteiger partial charge in [-0.3, -0.25) is 0 Å². The van der Waals surface area contributed by atoms with Crippen LogP contribution in [0.2, 0.25) is 0 Å². The molecule has 13 heavy (non-hydrogen) atoms. The lowest BCUT2D eigenvalue weighted by Crippen LogP contribution is -2.46. The summed E-state index contributed by atoms with van der Waals surface area (Å²) in [7, 11) is 0. The SMILES string of the molecule is CC1(C)C=C(C(=O)O)C(C)(C)N1[O-]. The molecule has 0 saturated carbocycles. The lowest BCUT2D eigenvalue weighted by Gasteiger charge is -2.47. The van der Waals surface area contributed by atoms with Crippen LogP contribution in [0.25, 0.3) is 0 Å². The van der Waals surface area contributed by atoms with Crippen molar-refractivity contribution in [3.63, 3.8) is 0 Å². The third-order valence-electron chi connectivity index (χ3n) is 2.42. The third kappa shape index (κ3) is 1.36. The summed E-state index contributed by atoms with van der Waals surface area (Å²) in [6.45, 7) is 6.65. The maximum atomic E-state index is 11.7. The molecule has 0 spiro atoms. The molecule has 1 N–H and O–H groups in total. The normalized spacial score (nSPS) is 25.8. The van der Waals surface area contributed by atoms with E-state index in [2.05, 4.69) is 0 Å². The molecule has 0 aromatic carbocycles. The smallest absolute Gasteiger partial charge is 0.333 e. The summed E-state index contributed by atoms with van der Waals surface area (Å²) in [5.41, 5.74) is -1.49. The van der Waals surface area contributed by atoms with Crippen LogP contribution in [0, 0.1) is 5.21 Å². The second kappa shape index (κ2) is 2.56. The van der Waals surface area contributed by atoms with Crippen molar-refractivity contribution in [2.75, 3.05) is 0 Å². The topological polar surface area (TPSA) is 63.6 Å². The van der Waals surface area contributed by atoms with Crippen molar-refractivity contribution in [1.29, 1.82) is 0 Å². The molecule has 1 heterocycles. The van der Waals surface area contributed by atoms with Gasteiger partial charge in [-0.05, 0) is 27.7 Å². The Morgan fingerprint density at radius 2 is 1.92 bits per heavy atom. The van der Waals surface area contributed by atoms with Gasteiger partial charge in [0, 0.05) is 11.1 Å². The Labute approximate surface area is 77.4 Å². The van der Waals surface area contributed by atoms with Crippen LogP contribution in [-0.4, -0.2) is 27.2 Å². The number of nitrogens with zero attached hydrogens (tertiary/aromatic N) is 1. The van der Waals surface area contributed by atoms with Crippen molar-refractivity contribution in [2.45, 2.75) is 38.8 Å². The standard InChI is InChI=1S/C9H14NO3/c1-8(2)5-6(7(11)12)9(3,4)10(8)13/h5H,1-4H3,(H,11,12)/q-1. The number of rotatable bonds is 1. The van der Waals surface area contributed by atoms with Gasteiger partial charge in [0.25, 0.3) is 0 Å². The van der Waals surface area contributed by atoms with Crippen molar-refractivity contribution in [2.24, 2.45) is 0 Å². The first kappa shape index (κ1) is 10.2. The van der Waals surface area contributed by atoms with Crippen LogP contribution in [-0.2, 0) is 4.79 Å². The molecule has 0 amide bonds. The van der Waals surface area contributed by atoms with E-state index >= 15 is 0 Å². The van der Waals surface area contributed by atoms with Gasteiger partial charge in [0.1, 0.15) is 0 Å². The van der Waals surface area contributed by atoms with E-state index in [1.807, 2.05) is 0 Å². The van der Waals surface area contributed by atoms with Gasteiger partial charge in [0.05, 0.1) is 5.57 Å². The molecule has 1 aliphatic heterocycles. The van der Waals surface area contributed by atoms with Gasteiger partial charge in [-0.1, -0.05) is 6.08 Å². The molecular weight excluding hydrogens is 170 g/mol. The molecule has 0 aliphatic carbocycles. The Kier molecular flexibility index (Phi) is 2.01. The van der Waals surface area contributed by atoms with Crippen LogP contribution in [0.1, 0.15) is 27.7 Å². The quantitative estimate of drug-likeness (QED) is 0.668. The fourth-order valence-electron chi connectivity index (χ4n) is 1.74. The molecular formula is C9H14NO3-. The molecule has 0 bridgehead atoms. The summed E-state index contributed by atoms with van der Waals surface area (Å²) in [5.74, 6) is -1.02. The van der Waals surface area contributed by atoms with Crippen LogP contribution in [0.15, 0.2) is 11.6 Å². The average Bonchev–Trinajstić information content (AvgIpc) is 2.11. The fraction of sp³-hybridized carbons (Fsp3) is 0.667. The molecule has 0 fully saturated rings. The van der Waals surface area contributed by atoms with Gasteiger partial charge in [-0.25, -0.2) is 4.79 Å². The minimum absolute atomic E-state index is 0.174. The second-order valence-corrected chi connectivity index (χ2v) is 4.37. The number of carboxylic acid groups (broad SMARTS) is 1. The maximum absolute atomic E-state index is 11.7. The highest BCUT2D eigenvalue weighted by atomic mass is 16.5. The number of aliphatic carboxylic acids is 1. The van der Waals surface area contributed by atoms with Crippen molar-refractivity contribution in [1.82, 2.24) is 5.06 Å². The first-order chi connectivity index (χ1) is 5.69. The van der Waals surface area contributed by atoms with Gasteiger partial charge in [0.15, 0.2) is 0 Å². The van der Waals surface area contributed by atoms with Crippen LogP contribution < -0.4 is 0 Å². The first-order valence-electron chi connectivity index (χ1n) is 4.13. The van der Waals surface area contributed by atoms with Crippen molar-refractivity contribution >= 4 is 5.97 Å². The number of hydrogen-bond donors (Lipinski definition) is 1. The predicted molar refractivity (Wildman–Crippen MR) is 49.1 cm³/mol. The van der Waals surface area contributed by atoms with E-state index in [1.165, 1.54) is 6.08 Å². The Morgan fingerprint density at radius 1 is 1.46 bits per heavy atom. The Morgan fingerprint density at radius 3 is 2.08 bits per heavy atom. The summed E-state index contributed by atoms with van der Waals surface area (Å²) in [6, 6.07) is 0. The van der Waals surface area contributed by atoms with E-state index in [0.717, 1.165) is 5.06 Å². The minimum Gasteiger partial charge on any atom is -0.784 e. The molecule has 74 valence electrons. The second-order valence-electron chi connectivity index (χ2n) is 4.37. The predicted octanol–water partition coefficient (Wildman–Crippen LogP) is 1.37. The van der Waals surface area contributed by atoms with Crippen LogP contribution in [0.5, 0.6) is 0 Å². The van der Waals surface area contributed by atoms with Crippen molar-refractivity contribution in [3.05, 3.63) is 16.9 Å². The van der Waals surface area contributed by atoms with Gasteiger partial charge >= 0.3 is 5.97 Å². The fourth-order valence-corrected chi connectivity index (χ4v) is 1.74. The van der Waals surface area contributed by atoms with E-state index in [1.54, 1.807) is 27.7 Å².